The van der Waals surface area contributed by atoms with Crippen molar-refractivity contribution in [1.29, 1.82) is 0 Å². The van der Waals surface area contributed by atoms with Crippen LogP contribution in [0.3, 0.4) is 0 Å². The highest BCUT2D eigenvalue weighted by molar-refractivity contribution is 7.09. The van der Waals surface area contributed by atoms with Crippen molar-refractivity contribution >= 4 is 17.3 Å². The van der Waals surface area contributed by atoms with Crippen molar-refractivity contribution in [2.75, 3.05) is 6.61 Å². The van der Waals surface area contributed by atoms with Crippen LogP contribution >= 0.6 is 11.3 Å². The van der Waals surface area contributed by atoms with Crippen molar-refractivity contribution in [2.24, 2.45) is 0 Å². The normalized spacial score (nSPS) is 10.4. The number of rotatable bonds is 7. The van der Waals surface area contributed by atoms with E-state index < -0.39 is 5.97 Å². The zero-order chi connectivity index (χ0) is 14.4. The lowest BCUT2D eigenvalue weighted by atomic mass is 10.1. The molecule has 4 nitrogen and oxygen atoms in total. The van der Waals surface area contributed by atoms with Crippen LogP contribution in [0.1, 0.15) is 23.2 Å². The molecule has 1 aromatic heterocycles. The van der Waals surface area contributed by atoms with Crippen molar-refractivity contribution in [3.63, 3.8) is 0 Å². The Hall–Kier alpha value is -1.88. The molecule has 0 saturated heterocycles. The number of ether oxygens (including phenoxy) is 1. The standard InChI is InChI=1S/C15H17NO3S/c1-2-11-5-3-4-6-13(11)19-8-7-14-16-12(10-20-14)9-15(17)18/h3-6,10H,2,7-9H2,1H3,(H,17,18). The summed E-state index contributed by atoms with van der Waals surface area (Å²) in [7, 11) is 0. The highest BCUT2D eigenvalue weighted by Gasteiger charge is 2.07. The molecule has 1 heterocycles. The van der Waals surface area contributed by atoms with E-state index in [2.05, 4.69) is 18.0 Å². The van der Waals surface area contributed by atoms with E-state index in [4.69, 9.17) is 9.84 Å². The van der Waals surface area contributed by atoms with Crippen LogP contribution in [0.15, 0.2) is 29.6 Å². The molecule has 5 heteroatoms. The summed E-state index contributed by atoms with van der Waals surface area (Å²) >= 11 is 1.48. The summed E-state index contributed by atoms with van der Waals surface area (Å²) in [5.41, 5.74) is 1.81. The van der Waals surface area contributed by atoms with E-state index in [9.17, 15) is 4.79 Å². The Bertz CT molecular complexity index is 580. The zero-order valence-corrected chi connectivity index (χ0v) is 12.2. The van der Waals surface area contributed by atoms with Gasteiger partial charge < -0.3 is 9.84 Å². The van der Waals surface area contributed by atoms with Crippen LogP contribution in [0.5, 0.6) is 5.75 Å². The van der Waals surface area contributed by atoms with Crippen LogP contribution in [0.2, 0.25) is 0 Å². The summed E-state index contributed by atoms with van der Waals surface area (Å²) in [6.45, 7) is 2.65. The van der Waals surface area contributed by atoms with E-state index in [1.165, 1.54) is 16.9 Å². The monoisotopic (exact) mass is 291 g/mol. The van der Waals surface area contributed by atoms with E-state index in [1.54, 1.807) is 5.38 Å². The van der Waals surface area contributed by atoms with Crippen molar-refractivity contribution < 1.29 is 14.6 Å². The number of nitrogens with zero attached hydrogens (tertiary/aromatic N) is 1. The molecule has 0 unspecified atom stereocenters. The maximum absolute atomic E-state index is 10.6. The molecule has 106 valence electrons. The molecule has 0 aliphatic rings. The Kier molecular flexibility index (Phi) is 5.12. The van der Waals surface area contributed by atoms with E-state index >= 15 is 0 Å². The molecule has 20 heavy (non-hydrogen) atoms. The Morgan fingerprint density at radius 1 is 1.40 bits per heavy atom. The number of aromatic nitrogens is 1. The minimum atomic E-state index is -0.852. The number of carbonyl (C=O) groups is 1. The number of benzene rings is 1. The maximum atomic E-state index is 10.6. The fourth-order valence-electron chi connectivity index (χ4n) is 1.88. The fraction of sp³-hybridized carbons (Fsp3) is 0.333. The second-order valence-electron chi connectivity index (χ2n) is 4.36. The van der Waals surface area contributed by atoms with Gasteiger partial charge >= 0.3 is 5.97 Å². The molecule has 0 atom stereocenters. The number of hydrogen-bond acceptors (Lipinski definition) is 4. The molecule has 0 spiro atoms. The zero-order valence-electron chi connectivity index (χ0n) is 11.3. The predicted octanol–water partition coefficient (Wildman–Crippen LogP) is 2.95. The predicted molar refractivity (Wildman–Crippen MR) is 78.5 cm³/mol. The SMILES string of the molecule is CCc1ccccc1OCCc1nc(CC(=O)O)cs1. The lowest BCUT2D eigenvalue weighted by molar-refractivity contribution is -0.136. The van der Waals surface area contributed by atoms with Crippen molar-refractivity contribution in [3.8, 4) is 5.75 Å². The second kappa shape index (κ2) is 7.05. The number of aliphatic carboxylic acids is 1. The Morgan fingerprint density at radius 2 is 2.20 bits per heavy atom. The van der Waals surface area contributed by atoms with Crippen LogP contribution in [-0.4, -0.2) is 22.7 Å². The average molecular weight is 291 g/mol. The van der Waals surface area contributed by atoms with Crippen LogP contribution in [-0.2, 0) is 24.1 Å². The lowest BCUT2D eigenvalue weighted by Crippen LogP contribution is -2.04. The van der Waals surface area contributed by atoms with Crippen molar-refractivity contribution in [3.05, 3.63) is 45.9 Å². The fourth-order valence-corrected chi connectivity index (χ4v) is 2.66. The first-order chi connectivity index (χ1) is 9.69. The minimum absolute atomic E-state index is 0.0178. The summed E-state index contributed by atoms with van der Waals surface area (Å²) in [6, 6.07) is 7.99. The van der Waals surface area contributed by atoms with Gasteiger partial charge in [-0.1, -0.05) is 25.1 Å². The number of para-hydroxylation sites is 1. The van der Waals surface area contributed by atoms with Gasteiger partial charge in [-0.3, -0.25) is 4.79 Å². The van der Waals surface area contributed by atoms with Gasteiger partial charge in [0.1, 0.15) is 5.75 Å². The van der Waals surface area contributed by atoms with Crippen LogP contribution in [0, 0.1) is 0 Å². The first-order valence-electron chi connectivity index (χ1n) is 6.54. The van der Waals surface area contributed by atoms with Gasteiger partial charge in [0, 0.05) is 11.8 Å². The molecular weight excluding hydrogens is 274 g/mol. The van der Waals surface area contributed by atoms with Gasteiger partial charge in [0.2, 0.25) is 0 Å². The number of thiazole rings is 1. The average Bonchev–Trinajstić information content (AvgIpc) is 2.86. The van der Waals surface area contributed by atoms with E-state index in [-0.39, 0.29) is 6.42 Å². The third-order valence-electron chi connectivity index (χ3n) is 2.86. The van der Waals surface area contributed by atoms with E-state index in [0.29, 0.717) is 18.7 Å². The van der Waals surface area contributed by atoms with Gasteiger partial charge in [0.05, 0.1) is 23.7 Å². The van der Waals surface area contributed by atoms with Crippen molar-refractivity contribution in [1.82, 2.24) is 4.98 Å². The molecular formula is C15H17NO3S. The molecule has 1 N–H and O–H groups in total. The first kappa shape index (κ1) is 14.5. The van der Waals surface area contributed by atoms with Gasteiger partial charge in [-0.25, -0.2) is 4.98 Å². The molecule has 0 aliphatic carbocycles. The Labute approximate surface area is 122 Å². The van der Waals surface area contributed by atoms with Crippen LogP contribution < -0.4 is 4.74 Å². The molecule has 2 aromatic rings. The number of carboxylic acids is 1. The smallest absolute Gasteiger partial charge is 0.309 e. The summed E-state index contributed by atoms with van der Waals surface area (Å²) in [4.78, 5) is 14.9. The van der Waals surface area contributed by atoms with E-state index in [0.717, 1.165) is 17.2 Å². The van der Waals surface area contributed by atoms with Crippen molar-refractivity contribution in [2.45, 2.75) is 26.2 Å². The topological polar surface area (TPSA) is 59.4 Å². The second-order valence-corrected chi connectivity index (χ2v) is 5.31. The Balaban J connectivity index is 1.86. The highest BCUT2D eigenvalue weighted by Crippen LogP contribution is 2.19. The van der Waals surface area contributed by atoms with Crippen LogP contribution in [0.4, 0.5) is 0 Å². The van der Waals surface area contributed by atoms with Gasteiger partial charge in [0.15, 0.2) is 0 Å². The lowest BCUT2D eigenvalue weighted by Gasteiger charge is -2.09. The van der Waals surface area contributed by atoms with Gasteiger partial charge in [-0.05, 0) is 18.1 Å². The minimum Gasteiger partial charge on any atom is -0.493 e. The molecule has 0 fully saturated rings. The summed E-state index contributed by atoms with van der Waals surface area (Å²) in [5, 5.41) is 11.4. The third kappa shape index (κ3) is 4.06. The third-order valence-corrected chi connectivity index (χ3v) is 3.82. The first-order valence-corrected chi connectivity index (χ1v) is 7.42. The molecule has 2 rings (SSSR count). The van der Waals surface area contributed by atoms with Gasteiger partial charge in [-0.15, -0.1) is 11.3 Å². The number of carboxylic acid groups (broad SMARTS) is 1. The van der Waals surface area contributed by atoms with Gasteiger partial charge in [0.25, 0.3) is 0 Å². The molecule has 0 bridgehead atoms. The summed E-state index contributed by atoms with van der Waals surface area (Å²) in [5.74, 6) is 0.0623. The largest absolute Gasteiger partial charge is 0.493 e. The highest BCUT2D eigenvalue weighted by atomic mass is 32.1. The van der Waals surface area contributed by atoms with E-state index in [1.807, 2.05) is 18.2 Å². The maximum Gasteiger partial charge on any atom is 0.309 e. The molecule has 0 aliphatic heterocycles. The molecule has 1 aromatic carbocycles. The summed E-state index contributed by atoms with van der Waals surface area (Å²) in [6.07, 6.45) is 1.62. The quantitative estimate of drug-likeness (QED) is 0.852. The molecule has 0 radical (unpaired) electrons. The molecule has 0 amide bonds. The molecule has 0 saturated carbocycles. The summed E-state index contributed by atoms with van der Waals surface area (Å²) < 4.78 is 5.77. The van der Waals surface area contributed by atoms with Gasteiger partial charge in [-0.2, -0.15) is 0 Å². The number of aryl methyl sites for hydroxylation is 1. The number of hydrogen-bond donors (Lipinski definition) is 1. The van der Waals surface area contributed by atoms with Crippen LogP contribution in [0.25, 0.3) is 0 Å². The Morgan fingerprint density at radius 3 is 2.95 bits per heavy atom.